The van der Waals surface area contributed by atoms with E-state index in [1.165, 1.54) is 11.1 Å². The van der Waals surface area contributed by atoms with Gasteiger partial charge in [0.25, 0.3) is 0 Å². The molecule has 0 spiro atoms. The first kappa shape index (κ1) is 14.2. The van der Waals surface area contributed by atoms with E-state index in [4.69, 9.17) is 4.74 Å². The molecule has 0 saturated heterocycles. The first-order valence-electron chi connectivity index (χ1n) is 6.42. The molecule has 0 amide bonds. The molecule has 2 unspecified atom stereocenters. The summed E-state index contributed by atoms with van der Waals surface area (Å²) in [6.45, 7) is 8.44. The van der Waals surface area contributed by atoms with Crippen LogP contribution in [0, 0.1) is 12.8 Å². The van der Waals surface area contributed by atoms with Gasteiger partial charge in [0.05, 0.1) is 6.61 Å². The fraction of sp³-hybridized carbons (Fsp3) is 0.600. The molecular formula is C15H25NO. The fourth-order valence-electron chi connectivity index (χ4n) is 1.95. The third-order valence-corrected chi connectivity index (χ3v) is 3.43. The number of hydrogen-bond donors (Lipinski definition) is 1. The van der Waals surface area contributed by atoms with Crippen LogP contribution in [0.1, 0.15) is 25.0 Å². The van der Waals surface area contributed by atoms with E-state index in [1.807, 2.05) is 0 Å². The lowest BCUT2D eigenvalue weighted by Crippen LogP contribution is -2.35. The van der Waals surface area contributed by atoms with E-state index in [1.54, 1.807) is 7.11 Å². The highest BCUT2D eigenvalue weighted by atomic mass is 16.5. The highest BCUT2D eigenvalue weighted by molar-refractivity contribution is 5.25. The first-order chi connectivity index (χ1) is 8.15. The van der Waals surface area contributed by atoms with Crippen LogP contribution in [0.25, 0.3) is 0 Å². The molecule has 0 saturated carbocycles. The van der Waals surface area contributed by atoms with Gasteiger partial charge < -0.3 is 10.1 Å². The molecule has 1 N–H and O–H groups in total. The van der Waals surface area contributed by atoms with Gasteiger partial charge in [0.2, 0.25) is 0 Å². The lowest BCUT2D eigenvalue weighted by Gasteiger charge is -2.22. The Labute approximate surface area is 105 Å². The van der Waals surface area contributed by atoms with Crippen molar-refractivity contribution in [2.24, 2.45) is 5.92 Å². The van der Waals surface area contributed by atoms with Gasteiger partial charge in [-0.2, -0.15) is 0 Å². The Balaban J connectivity index is 2.43. The molecular weight excluding hydrogens is 210 g/mol. The Hall–Kier alpha value is -0.860. The largest absolute Gasteiger partial charge is 0.383 e. The zero-order valence-corrected chi connectivity index (χ0v) is 11.5. The van der Waals surface area contributed by atoms with Gasteiger partial charge in [-0.3, -0.25) is 0 Å². The van der Waals surface area contributed by atoms with Crippen LogP contribution < -0.4 is 5.32 Å². The van der Waals surface area contributed by atoms with Gasteiger partial charge in [-0.15, -0.1) is 0 Å². The molecule has 0 radical (unpaired) electrons. The molecule has 17 heavy (non-hydrogen) atoms. The van der Waals surface area contributed by atoms with Gasteiger partial charge >= 0.3 is 0 Å². The highest BCUT2D eigenvalue weighted by Gasteiger charge is 2.12. The van der Waals surface area contributed by atoms with E-state index in [0.717, 1.165) is 19.6 Å². The van der Waals surface area contributed by atoms with E-state index in [0.29, 0.717) is 12.0 Å². The summed E-state index contributed by atoms with van der Waals surface area (Å²) in [5, 5.41) is 3.50. The summed E-state index contributed by atoms with van der Waals surface area (Å²) >= 11 is 0. The number of hydrogen-bond acceptors (Lipinski definition) is 2. The minimum absolute atomic E-state index is 0.518. The monoisotopic (exact) mass is 235 g/mol. The van der Waals surface area contributed by atoms with Gasteiger partial charge in [-0.1, -0.05) is 31.2 Å². The molecule has 0 heterocycles. The van der Waals surface area contributed by atoms with Gasteiger partial charge in [0.15, 0.2) is 0 Å². The van der Waals surface area contributed by atoms with Crippen molar-refractivity contribution in [1.82, 2.24) is 5.32 Å². The third-order valence-electron chi connectivity index (χ3n) is 3.43. The minimum atomic E-state index is 0.518. The fourth-order valence-corrected chi connectivity index (χ4v) is 1.95. The number of aryl methyl sites for hydroxylation is 1. The molecule has 2 heteroatoms. The van der Waals surface area contributed by atoms with Gasteiger partial charge in [0.1, 0.15) is 0 Å². The molecule has 0 aliphatic rings. The second-order valence-electron chi connectivity index (χ2n) is 4.84. The summed E-state index contributed by atoms with van der Waals surface area (Å²) in [5.74, 6) is 0.632. The van der Waals surface area contributed by atoms with E-state index in [2.05, 4.69) is 50.4 Å². The smallest absolute Gasteiger partial charge is 0.0587 e. The van der Waals surface area contributed by atoms with Crippen LogP contribution in [-0.2, 0) is 11.2 Å². The van der Waals surface area contributed by atoms with Crippen molar-refractivity contribution in [2.45, 2.75) is 33.2 Å². The van der Waals surface area contributed by atoms with Crippen LogP contribution in [0.2, 0.25) is 0 Å². The summed E-state index contributed by atoms with van der Waals surface area (Å²) in [4.78, 5) is 0. The molecule has 0 aromatic heterocycles. The van der Waals surface area contributed by atoms with Crippen LogP contribution >= 0.6 is 0 Å². The predicted molar refractivity (Wildman–Crippen MR) is 73.4 cm³/mol. The lowest BCUT2D eigenvalue weighted by molar-refractivity contribution is 0.192. The Morgan fingerprint density at radius 3 is 2.59 bits per heavy atom. The van der Waals surface area contributed by atoms with Crippen molar-refractivity contribution < 1.29 is 4.74 Å². The maximum absolute atomic E-state index is 5.05. The van der Waals surface area contributed by atoms with Crippen LogP contribution in [-0.4, -0.2) is 26.3 Å². The summed E-state index contributed by atoms with van der Waals surface area (Å²) in [7, 11) is 1.74. The maximum Gasteiger partial charge on any atom is 0.0587 e. The average molecular weight is 235 g/mol. The zero-order chi connectivity index (χ0) is 12.7. The molecule has 0 fully saturated rings. The first-order valence-corrected chi connectivity index (χ1v) is 6.42. The number of rotatable bonds is 7. The van der Waals surface area contributed by atoms with E-state index in [-0.39, 0.29) is 0 Å². The van der Waals surface area contributed by atoms with E-state index in [9.17, 15) is 0 Å². The van der Waals surface area contributed by atoms with Crippen LogP contribution in [0.15, 0.2) is 24.3 Å². The highest BCUT2D eigenvalue weighted by Crippen LogP contribution is 2.15. The van der Waals surface area contributed by atoms with E-state index < -0.39 is 0 Å². The van der Waals surface area contributed by atoms with Crippen molar-refractivity contribution >= 4 is 0 Å². The number of ether oxygens (including phenoxy) is 1. The second kappa shape index (κ2) is 7.46. The molecule has 96 valence electrons. The summed E-state index contributed by atoms with van der Waals surface area (Å²) in [6.07, 6.45) is 1.13. The quantitative estimate of drug-likeness (QED) is 0.734. The second-order valence-corrected chi connectivity index (χ2v) is 4.84. The van der Waals surface area contributed by atoms with Crippen LogP contribution in [0.4, 0.5) is 0 Å². The summed E-state index contributed by atoms with van der Waals surface area (Å²) < 4.78 is 5.05. The molecule has 2 nitrogen and oxygen atoms in total. The Bertz CT molecular complexity index is 324. The van der Waals surface area contributed by atoms with Crippen molar-refractivity contribution in [3.63, 3.8) is 0 Å². The number of methoxy groups -OCH3 is 1. The average Bonchev–Trinajstić information content (AvgIpc) is 2.32. The molecule has 0 aliphatic heterocycles. The topological polar surface area (TPSA) is 21.3 Å². The molecule has 0 bridgehead atoms. The SMILES string of the molecule is COCCNC(C)C(C)Cc1ccccc1C. The molecule has 1 aromatic carbocycles. The standard InChI is InChI=1S/C15H25NO/c1-12-7-5-6-8-15(12)11-13(2)14(3)16-9-10-17-4/h5-8,13-14,16H,9-11H2,1-4H3. The maximum atomic E-state index is 5.05. The summed E-state index contributed by atoms with van der Waals surface area (Å²) in [5.41, 5.74) is 2.85. The Morgan fingerprint density at radius 2 is 1.94 bits per heavy atom. The predicted octanol–water partition coefficient (Wildman–Crippen LogP) is 2.80. The Kier molecular flexibility index (Phi) is 6.23. The zero-order valence-electron chi connectivity index (χ0n) is 11.5. The molecule has 1 rings (SSSR count). The number of nitrogens with one attached hydrogen (secondary N) is 1. The molecule has 2 atom stereocenters. The molecule has 0 aliphatic carbocycles. The minimum Gasteiger partial charge on any atom is -0.383 e. The number of benzene rings is 1. The van der Waals surface area contributed by atoms with Crippen LogP contribution in [0.3, 0.4) is 0 Å². The van der Waals surface area contributed by atoms with Gasteiger partial charge in [-0.05, 0) is 37.3 Å². The van der Waals surface area contributed by atoms with Crippen molar-refractivity contribution in [3.8, 4) is 0 Å². The van der Waals surface area contributed by atoms with Crippen molar-refractivity contribution in [2.75, 3.05) is 20.3 Å². The van der Waals surface area contributed by atoms with Crippen LogP contribution in [0.5, 0.6) is 0 Å². The van der Waals surface area contributed by atoms with E-state index >= 15 is 0 Å². The van der Waals surface area contributed by atoms with Gasteiger partial charge in [0, 0.05) is 19.7 Å². The molecule has 1 aromatic rings. The van der Waals surface area contributed by atoms with Crippen molar-refractivity contribution in [3.05, 3.63) is 35.4 Å². The third kappa shape index (κ3) is 4.88. The normalized spacial score (nSPS) is 14.6. The van der Waals surface area contributed by atoms with Gasteiger partial charge in [-0.25, -0.2) is 0 Å². The Morgan fingerprint density at radius 1 is 1.24 bits per heavy atom. The van der Waals surface area contributed by atoms with Crippen molar-refractivity contribution in [1.29, 1.82) is 0 Å². The lowest BCUT2D eigenvalue weighted by atomic mass is 9.93. The summed E-state index contributed by atoms with van der Waals surface area (Å²) in [6, 6.07) is 9.16.